The molecule has 0 saturated heterocycles. The number of hydrogen-bond acceptors (Lipinski definition) is 2. The summed E-state index contributed by atoms with van der Waals surface area (Å²) in [6.45, 7) is 4.46. The van der Waals surface area contributed by atoms with E-state index in [9.17, 15) is 4.39 Å². The van der Waals surface area contributed by atoms with Gasteiger partial charge in [-0.15, -0.1) is 0 Å². The molecule has 1 saturated carbocycles. The van der Waals surface area contributed by atoms with Crippen molar-refractivity contribution in [1.82, 2.24) is 0 Å². The lowest BCUT2D eigenvalue weighted by atomic mass is 9.72. The maximum atomic E-state index is 14.0. The van der Waals surface area contributed by atoms with Gasteiger partial charge in [0.25, 0.3) is 0 Å². The fraction of sp³-hybridized carbons (Fsp3) is 0.625. The molecule has 2 N–H and O–H groups in total. The van der Waals surface area contributed by atoms with Gasteiger partial charge in [-0.05, 0) is 69.2 Å². The Labute approximate surface area is 115 Å². The van der Waals surface area contributed by atoms with Crippen molar-refractivity contribution in [2.45, 2.75) is 51.6 Å². The first-order valence-electron chi connectivity index (χ1n) is 7.28. The SMILES string of the molecule is CC(C)Oc1ccc(C(CCN)C2CCC2)cc1F. The molecule has 2 rings (SSSR count). The van der Waals surface area contributed by atoms with Crippen LogP contribution < -0.4 is 10.5 Å². The second-order valence-corrected chi connectivity index (χ2v) is 5.73. The number of rotatable bonds is 6. The van der Waals surface area contributed by atoms with E-state index in [1.165, 1.54) is 19.3 Å². The van der Waals surface area contributed by atoms with E-state index in [4.69, 9.17) is 10.5 Å². The average Bonchev–Trinajstić information content (AvgIpc) is 2.28. The van der Waals surface area contributed by atoms with Crippen molar-refractivity contribution in [1.29, 1.82) is 0 Å². The van der Waals surface area contributed by atoms with Crippen molar-refractivity contribution in [3.8, 4) is 5.75 Å². The van der Waals surface area contributed by atoms with Crippen LogP contribution in [0.15, 0.2) is 18.2 Å². The topological polar surface area (TPSA) is 35.2 Å². The van der Waals surface area contributed by atoms with E-state index in [2.05, 4.69) is 0 Å². The van der Waals surface area contributed by atoms with Crippen molar-refractivity contribution < 1.29 is 9.13 Å². The van der Waals surface area contributed by atoms with Crippen LogP contribution in [0.5, 0.6) is 5.75 Å². The first-order valence-corrected chi connectivity index (χ1v) is 7.28. The largest absolute Gasteiger partial charge is 0.488 e. The zero-order valence-corrected chi connectivity index (χ0v) is 11.9. The smallest absolute Gasteiger partial charge is 0.165 e. The summed E-state index contributed by atoms with van der Waals surface area (Å²) in [5.74, 6) is 1.17. The van der Waals surface area contributed by atoms with E-state index < -0.39 is 0 Å². The van der Waals surface area contributed by atoms with Crippen molar-refractivity contribution >= 4 is 0 Å². The summed E-state index contributed by atoms with van der Waals surface area (Å²) in [6.07, 6.45) is 4.72. The van der Waals surface area contributed by atoms with E-state index in [1.807, 2.05) is 19.9 Å². The van der Waals surface area contributed by atoms with E-state index in [0.29, 0.717) is 24.1 Å². The summed E-state index contributed by atoms with van der Waals surface area (Å²) < 4.78 is 19.5. The highest BCUT2D eigenvalue weighted by atomic mass is 19.1. The van der Waals surface area contributed by atoms with Crippen molar-refractivity contribution in [2.75, 3.05) is 6.54 Å². The van der Waals surface area contributed by atoms with Crippen molar-refractivity contribution in [3.05, 3.63) is 29.6 Å². The van der Waals surface area contributed by atoms with Crippen LogP contribution in [-0.4, -0.2) is 12.6 Å². The Morgan fingerprint density at radius 1 is 1.37 bits per heavy atom. The molecule has 19 heavy (non-hydrogen) atoms. The zero-order valence-electron chi connectivity index (χ0n) is 11.9. The first kappa shape index (κ1) is 14.3. The van der Waals surface area contributed by atoms with Crippen LogP contribution in [0.25, 0.3) is 0 Å². The predicted octanol–water partition coefficient (Wildman–Crippen LogP) is 3.85. The predicted molar refractivity (Wildman–Crippen MR) is 75.9 cm³/mol. The second-order valence-electron chi connectivity index (χ2n) is 5.73. The molecule has 1 fully saturated rings. The molecule has 1 aliphatic carbocycles. The summed E-state index contributed by atoms with van der Waals surface area (Å²) in [5.41, 5.74) is 6.77. The number of ether oxygens (including phenoxy) is 1. The number of hydrogen-bond donors (Lipinski definition) is 1. The van der Waals surface area contributed by atoms with Crippen molar-refractivity contribution in [3.63, 3.8) is 0 Å². The third-order valence-electron chi connectivity index (χ3n) is 3.94. The lowest BCUT2D eigenvalue weighted by Gasteiger charge is -2.34. The van der Waals surface area contributed by atoms with E-state index in [0.717, 1.165) is 12.0 Å². The van der Waals surface area contributed by atoms with Gasteiger partial charge in [0.1, 0.15) is 0 Å². The lowest BCUT2D eigenvalue weighted by Crippen LogP contribution is -2.23. The Balaban J connectivity index is 2.16. The molecule has 106 valence electrons. The van der Waals surface area contributed by atoms with Crippen LogP contribution in [0.1, 0.15) is 51.0 Å². The number of benzene rings is 1. The summed E-state index contributed by atoms with van der Waals surface area (Å²) in [7, 11) is 0. The van der Waals surface area contributed by atoms with Gasteiger partial charge in [0.15, 0.2) is 11.6 Å². The number of nitrogens with two attached hydrogens (primary N) is 1. The average molecular weight is 265 g/mol. The van der Waals surface area contributed by atoms with Crippen LogP contribution in [0, 0.1) is 11.7 Å². The molecule has 0 spiro atoms. The zero-order chi connectivity index (χ0) is 13.8. The van der Waals surface area contributed by atoms with Gasteiger partial charge in [-0.25, -0.2) is 4.39 Å². The molecular formula is C16H24FNO. The minimum Gasteiger partial charge on any atom is -0.488 e. The second kappa shape index (κ2) is 6.38. The minimum absolute atomic E-state index is 0.00757. The normalized spacial score (nSPS) is 17.3. The van der Waals surface area contributed by atoms with E-state index in [1.54, 1.807) is 12.1 Å². The molecule has 3 heteroatoms. The summed E-state index contributed by atoms with van der Waals surface area (Å²) in [4.78, 5) is 0. The highest BCUT2D eigenvalue weighted by Crippen LogP contribution is 2.41. The maximum absolute atomic E-state index is 14.0. The molecule has 0 aliphatic heterocycles. The maximum Gasteiger partial charge on any atom is 0.165 e. The third-order valence-corrected chi connectivity index (χ3v) is 3.94. The molecule has 1 aliphatic rings. The molecule has 0 aromatic heterocycles. The lowest BCUT2D eigenvalue weighted by molar-refractivity contribution is 0.229. The number of halogens is 1. The van der Waals surface area contributed by atoms with Crippen LogP contribution in [0.3, 0.4) is 0 Å². The molecule has 1 unspecified atom stereocenters. The van der Waals surface area contributed by atoms with Gasteiger partial charge in [-0.2, -0.15) is 0 Å². The Bertz CT molecular complexity index is 415. The van der Waals surface area contributed by atoms with Gasteiger partial charge >= 0.3 is 0 Å². The molecule has 1 atom stereocenters. The van der Waals surface area contributed by atoms with Crippen LogP contribution in [0.2, 0.25) is 0 Å². The Kier molecular flexibility index (Phi) is 4.81. The van der Waals surface area contributed by atoms with Crippen LogP contribution >= 0.6 is 0 Å². The standard InChI is InChI=1S/C16H24FNO/c1-11(2)19-16-7-6-13(10-15(16)17)14(8-9-18)12-4-3-5-12/h6-7,10-12,14H,3-5,8-9,18H2,1-2H3. The van der Waals surface area contributed by atoms with Gasteiger partial charge in [-0.3, -0.25) is 0 Å². The highest BCUT2D eigenvalue weighted by molar-refractivity contribution is 5.32. The molecule has 1 aromatic carbocycles. The molecule has 0 radical (unpaired) electrons. The molecule has 2 nitrogen and oxygen atoms in total. The monoisotopic (exact) mass is 265 g/mol. The van der Waals surface area contributed by atoms with Gasteiger partial charge < -0.3 is 10.5 Å². The quantitative estimate of drug-likeness (QED) is 0.848. The van der Waals surface area contributed by atoms with Crippen LogP contribution in [0.4, 0.5) is 4.39 Å². The first-order chi connectivity index (χ1) is 9.11. The molecule has 0 bridgehead atoms. The Hall–Kier alpha value is -1.09. The van der Waals surface area contributed by atoms with Crippen LogP contribution in [-0.2, 0) is 0 Å². The van der Waals surface area contributed by atoms with Gasteiger partial charge in [-0.1, -0.05) is 12.5 Å². The molecule has 0 heterocycles. The molecule has 0 amide bonds. The van der Waals surface area contributed by atoms with Gasteiger partial charge in [0, 0.05) is 0 Å². The summed E-state index contributed by atoms with van der Waals surface area (Å²) in [6, 6.07) is 5.39. The third kappa shape index (κ3) is 3.47. The van der Waals surface area contributed by atoms with E-state index >= 15 is 0 Å². The fourth-order valence-corrected chi connectivity index (χ4v) is 2.79. The molecular weight excluding hydrogens is 241 g/mol. The van der Waals surface area contributed by atoms with Gasteiger partial charge in [0.2, 0.25) is 0 Å². The van der Waals surface area contributed by atoms with E-state index in [-0.39, 0.29) is 11.9 Å². The van der Waals surface area contributed by atoms with Gasteiger partial charge in [0.05, 0.1) is 6.10 Å². The minimum atomic E-state index is -0.257. The summed E-state index contributed by atoms with van der Waals surface area (Å²) >= 11 is 0. The Morgan fingerprint density at radius 2 is 2.11 bits per heavy atom. The summed E-state index contributed by atoms with van der Waals surface area (Å²) in [5, 5.41) is 0. The highest BCUT2D eigenvalue weighted by Gasteiger charge is 2.28. The fourth-order valence-electron chi connectivity index (χ4n) is 2.79. The van der Waals surface area contributed by atoms with Crippen molar-refractivity contribution in [2.24, 2.45) is 11.7 Å². The Morgan fingerprint density at radius 3 is 2.58 bits per heavy atom. The molecule has 1 aromatic rings.